The van der Waals surface area contributed by atoms with Gasteiger partial charge in [-0.05, 0) is 42.0 Å². The summed E-state index contributed by atoms with van der Waals surface area (Å²) in [6.45, 7) is 1.48. The average Bonchev–Trinajstić information content (AvgIpc) is 3.12. The van der Waals surface area contributed by atoms with Crippen molar-refractivity contribution in [2.45, 2.75) is 6.92 Å². The van der Waals surface area contributed by atoms with Crippen LogP contribution in [0.15, 0.2) is 73.1 Å². The highest BCUT2D eigenvalue weighted by Crippen LogP contribution is 2.32. The van der Waals surface area contributed by atoms with E-state index in [1.54, 1.807) is 12.4 Å². The minimum absolute atomic E-state index is 0.112. The Labute approximate surface area is 156 Å². The molecule has 27 heavy (non-hydrogen) atoms. The Morgan fingerprint density at radius 3 is 2.48 bits per heavy atom. The van der Waals surface area contributed by atoms with Gasteiger partial charge in [0.1, 0.15) is 6.33 Å². The van der Waals surface area contributed by atoms with Gasteiger partial charge in [0.25, 0.3) is 0 Å². The van der Waals surface area contributed by atoms with Crippen molar-refractivity contribution in [1.82, 2.24) is 9.55 Å². The van der Waals surface area contributed by atoms with Crippen LogP contribution in [0.1, 0.15) is 12.5 Å². The summed E-state index contributed by atoms with van der Waals surface area (Å²) >= 11 is 0. The molecule has 0 saturated heterocycles. The van der Waals surface area contributed by atoms with E-state index in [-0.39, 0.29) is 5.91 Å². The van der Waals surface area contributed by atoms with Gasteiger partial charge in [-0.25, -0.2) is 4.98 Å². The number of nitrogens with one attached hydrogen (secondary N) is 1. The summed E-state index contributed by atoms with van der Waals surface area (Å²) in [5.41, 5.74) is 5.85. The number of nitriles is 1. The number of anilines is 1. The molecule has 0 spiro atoms. The second-order valence-corrected chi connectivity index (χ2v) is 6.21. The largest absolute Gasteiger partial charge is 0.326 e. The van der Waals surface area contributed by atoms with Crippen molar-refractivity contribution < 1.29 is 4.79 Å². The fraction of sp³-hybridized carbons (Fsp3) is 0.0455. The lowest BCUT2D eigenvalue weighted by Gasteiger charge is -2.11. The number of rotatable bonds is 3. The average molecular weight is 352 g/mol. The number of hydrogen-bond acceptors (Lipinski definition) is 3. The van der Waals surface area contributed by atoms with Gasteiger partial charge in [0.2, 0.25) is 5.91 Å². The zero-order valence-electron chi connectivity index (χ0n) is 14.7. The predicted molar refractivity (Wildman–Crippen MR) is 106 cm³/mol. The topological polar surface area (TPSA) is 70.7 Å². The SMILES string of the molecule is CC(=O)Nc1ccc(-c2cc(C#N)cc3ncn(-c4ccccc4)c23)cc1. The molecule has 0 atom stereocenters. The fourth-order valence-electron chi connectivity index (χ4n) is 3.15. The standard InChI is InChI=1S/C22H16N4O/c1-15(27)25-18-9-7-17(8-10-18)20-11-16(13-23)12-21-22(20)26(14-24-21)19-5-3-2-4-6-19/h2-12,14H,1H3,(H,25,27). The minimum Gasteiger partial charge on any atom is -0.326 e. The first-order valence-electron chi connectivity index (χ1n) is 8.50. The smallest absolute Gasteiger partial charge is 0.221 e. The molecule has 0 unspecified atom stereocenters. The Balaban J connectivity index is 1.92. The third-order valence-electron chi connectivity index (χ3n) is 4.32. The highest BCUT2D eigenvalue weighted by molar-refractivity contribution is 5.95. The maximum atomic E-state index is 11.2. The van der Waals surface area contributed by atoms with Crippen molar-refractivity contribution in [1.29, 1.82) is 5.26 Å². The van der Waals surface area contributed by atoms with Gasteiger partial charge in [-0.3, -0.25) is 9.36 Å². The lowest BCUT2D eigenvalue weighted by atomic mass is 10.0. The third kappa shape index (κ3) is 3.16. The highest BCUT2D eigenvalue weighted by Gasteiger charge is 2.13. The van der Waals surface area contributed by atoms with E-state index in [4.69, 9.17) is 0 Å². The van der Waals surface area contributed by atoms with Crippen LogP contribution in [-0.2, 0) is 4.79 Å². The Morgan fingerprint density at radius 2 is 1.81 bits per heavy atom. The van der Waals surface area contributed by atoms with Gasteiger partial charge < -0.3 is 5.32 Å². The molecular weight excluding hydrogens is 336 g/mol. The van der Waals surface area contributed by atoms with Crippen LogP contribution in [0, 0.1) is 11.3 Å². The second-order valence-electron chi connectivity index (χ2n) is 6.21. The highest BCUT2D eigenvalue weighted by atomic mass is 16.1. The second kappa shape index (κ2) is 6.77. The monoisotopic (exact) mass is 352 g/mol. The molecule has 0 bridgehead atoms. The number of nitrogens with zero attached hydrogens (tertiary/aromatic N) is 3. The summed E-state index contributed by atoms with van der Waals surface area (Å²) in [6.07, 6.45) is 1.77. The molecule has 5 nitrogen and oxygen atoms in total. The quantitative estimate of drug-likeness (QED) is 0.589. The number of imidazole rings is 1. The summed E-state index contributed by atoms with van der Waals surface area (Å²) in [7, 11) is 0. The van der Waals surface area contributed by atoms with E-state index < -0.39 is 0 Å². The molecule has 0 aliphatic heterocycles. The normalized spacial score (nSPS) is 10.5. The van der Waals surface area contributed by atoms with Crippen LogP contribution in [0.4, 0.5) is 5.69 Å². The van der Waals surface area contributed by atoms with E-state index in [0.29, 0.717) is 5.56 Å². The van der Waals surface area contributed by atoms with Gasteiger partial charge in [-0.2, -0.15) is 5.26 Å². The lowest BCUT2D eigenvalue weighted by Crippen LogP contribution is -2.05. The van der Waals surface area contributed by atoms with Crippen LogP contribution in [0.5, 0.6) is 0 Å². The minimum atomic E-state index is -0.112. The molecule has 0 aliphatic rings. The van der Waals surface area contributed by atoms with Crippen molar-refractivity contribution in [2.75, 3.05) is 5.32 Å². The molecule has 0 aliphatic carbocycles. The number of carbonyl (C=O) groups excluding carboxylic acids is 1. The first-order chi connectivity index (χ1) is 13.2. The Kier molecular flexibility index (Phi) is 4.15. The Bertz CT molecular complexity index is 1170. The van der Waals surface area contributed by atoms with Gasteiger partial charge in [0, 0.05) is 23.9 Å². The van der Waals surface area contributed by atoms with Gasteiger partial charge in [0.15, 0.2) is 0 Å². The molecule has 1 heterocycles. The molecule has 5 heteroatoms. The number of fused-ring (bicyclic) bond motifs is 1. The lowest BCUT2D eigenvalue weighted by molar-refractivity contribution is -0.114. The summed E-state index contributed by atoms with van der Waals surface area (Å²) in [5.74, 6) is -0.112. The van der Waals surface area contributed by atoms with Crippen molar-refractivity contribution >= 4 is 22.6 Å². The van der Waals surface area contributed by atoms with Gasteiger partial charge >= 0.3 is 0 Å². The first kappa shape index (κ1) is 16.6. The van der Waals surface area contributed by atoms with Crippen molar-refractivity contribution in [3.8, 4) is 22.9 Å². The van der Waals surface area contributed by atoms with Crippen LogP contribution >= 0.6 is 0 Å². The molecule has 130 valence electrons. The van der Waals surface area contributed by atoms with E-state index in [1.165, 1.54) is 6.92 Å². The van der Waals surface area contributed by atoms with Gasteiger partial charge in [-0.15, -0.1) is 0 Å². The number of aromatic nitrogens is 2. The molecule has 0 radical (unpaired) electrons. The molecular formula is C22H16N4O. The zero-order valence-corrected chi connectivity index (χ0v) is 14.7. The van der Waals surface area contributed by atoms with Gasteiger partial charge in [0.05, 0.1) is 22.7 Å². The molecule has 4 aromatic rings. The zero-order chi connectivity index (χ0) is 18.8. The summed E-state index contributed by atoms with van der Waals surface area (Å²) in [6, 6.07) is 23.4. The van der Waals surface area contributed by atoms with Crippen molar-refractivity contribution in [3.05, 3.63) is 78.6 Å². The molecule has 4 rings (SSSR count). The van der Waals surface area contributed by atoms with E-state index in [9.17, 15) is 10.1 Å². The summed E-state index contributed by atoms with van der Waals surface area (Å²) in [5, 5.41) is 12.2. The van der Waals surface area contributed by atoms with Gasteiger partial charge in [-0.1, -0.05) is 30.3 Å². The Morgan fingerprint density at radius 1 is 1.07 bits per heavy atom. The summed E-state index contributed by atoms with van der Waals surface area (Å²) in [4.78, 5) is 15.7. The number of hydrogen-bond donors (Lipinski definition) is 1. The summed E-state index contributed by atoms with van der Waals surface area (Å²) < 4.78 is 2.02. The molecule has 3 aromatic carbocycles. The maximum Gasteiger partial charge on any atom is 0.221 e. The predicted octanol–water partition coefficient (Wildman–Crippen LogP) is 4.52. The number of para-hydroxylation sites is 1. The molecule has 1 amide bonds. The first-order valence-corrected chi connectivity index (χ1v) is 8.50. The third-order valence-corrected chi connectivity index (χ3v) is 4.32. The van der Waals surface area contributed by atoms with Crippen molar-refractivity contribution in [2.24, 2.45) is 0 Å². The van der Waals surface area contributed by atoms with Crippen LogP contribution < -0.4 is 5.32 Å². The van der Waals surface area contributed by atoms with E-state index in [2.05, 4.69) is 16.4 Å². The van der Waals surface area contributed by atoms with E-state index in [1.807, 2.05) is 65.2 Å². The molecule has 0 saturated carbocycles. The van der Waals surface area contributed by atoms with Crippen LogP contribution in [0.25, 0.3) is 27.8 Å². The number of carbonyl (C=O) groups is 1. The molecule has 0 fully saturated rings. The van der Waals surface area contributed by atoms with E-state index in [0.717, 1.165) is 33.5 Å². The number of benzene rings is 3. The molecule has 1 N–H and O–H groups in total. The fourth-order valence-corrected chi connectivity index (χ4v) is 3.15. The molecule has 1 aromatic heterocycles. The number of amides is 1. The van der Waals surface area contributed by atoms with Crippen LogP contribution in [-0.4, -0.2) is 15.5 Å². The van der Waals surface area contributed by atoms with Crippen molar-refractivity contribution in [3.63, 3.8) is 0 Å². The van der Waals surface area contributed by atoms with E-state index >= 15 is 0 Å². The van der Waals surface area contributed by atoms with Crippen LogP contribution in [0.3, 0.4) is 0 Å². The van der Waals surface area contributed by atoms with Crippen LogP contribution in [0.2, 0.25) is 0 Å². The Hall–Kier alpha value is -3.91. The maximum absolute atomic E-state index is 11.2.